The maximum atomic E-state index is 7.56. The van der Waals surface area contributed by atoms with Crippen molar-refractivity contribution in [1.82, 2.24) is 0 Å². The number of unbranched alkanes of at least 4 members (excludes halogenated alkanes) is 22. The first kappa shape index (κ1) is 34.7. The molecule has 0 aromatic rings. The Labute approximate surface area is 223 Å². The van der Waals surface area contributed by atoms with Gasteiger partial charge in [0.25, 0.3) is 0 Å². The van der Waals surface area contributed by atoms with Crippen LogP contribution in [0.1, 0.15) is 182 Å². The Kier molecular flexibility index (Phi) is 24.6. The predicted molar refractivity (Wildman–Crippen MR) is 166 cm³/mol. The molecule has 0 saturated carbocycles. The molecular weight excluding hydrogens is 451 g/mol. The van der Waals surface area contributed by atoms with Crippen molar-refractivity contribution < 1.29 is 0 Å². The van der Waals surface area contributed by atoms with Crippen LogP contribution in [0.2, 0.25) is 0 Å². The first-order valence-electron chi connectivity index (χ1n) is 16.3. The number of hydrogen-bond donors (Lipinski definition) is 0. The van der Waals surface area contributed by atoms with Crippen molar-refractivity contribution in [2.45, 2.75) is 182 Å². The van der Waals surface area contributed by atoms with Crippen LogP contribution in [-0.4, -0.2) is 24.6 Å². The molecule has 0 atom stereocenters. The second-order valence-electron chi connectivity index (χ2n) is 11.7. The third-order valence-electron chi connectivity index (χ3n) is 8.72. The van der Waals surface area contributed by atoms with E-state index >= 15 is 0 Å². The minimum atomic E-state index is -1.95. The summed E-state index contributed by atoms with van der Waals surface area (Å²) < 4.78 is 0. The van der Waals surface area contributed by atoms with E-state index < -0.39 is 5.96 Å². The van der Waals surface area contributed by atoms with Crippen LogP contribution < -0.4 is 0 Å². The average Bonchev–Trinajstić information content (AvgIpc) is 2.85. The number of rotatable bonds is 28. The van der Waals surface area contributed by atoms with Gasteiger partial charge in [-0.2, -0.15) is 0 Å². The summed E-state index contributed by atoms with van der Waals surface area (Å²) in [6.45, 7) is 9.41. The molecular formula is C32H68ClP. The molecule has 0 aromatic heterocycles. The van der Waals surface area contributed by atoms with Crippen molar-refractivity contribution in [1.29, 1.82) is 0 Å². The van der Waals surface area contributed by atoms with Crippen molar-refractivity contribution in [2.24, 2.45) is 0 Å². The van der Waals surface area contributed by atoms with Crippen LogP contribution in [0.4, 0.5) is 0 Å². The monoisotopic (exact) mass is 518 g/mol. The molecule has 0 saturated heterocycles. The van der Waals surface area contributed by atoms with Gasteiger partial charge in [0.05, 0.1) is 0 Å². The second kappa shape index (κ2) is 24.1. The minimum absolute atomic E-state index is 1.26. The third kappa shape index (κ3) is 19.9. The summed E-state index contributed by atoms with van der Waals surface area (Å²) >= 11 is 7.56. The normalized spacial score (nSPS) is 13.3. The van der Waals surface area contributed by atoms with Crippen LogP contribution in [0.3, 0.4) is 0 Å². The van der Waals surface area contributed by atoms with Crippen molar-refractivity contribution in [3.05, 3.63) is 0 Å². The number of hydrogen-bond acceptors (Lipinski definition) is 0. The fourth-order valence-electron chi connectivity index (χ4n) is 5.66. The van der Waals surface area contributed by atoms with Crippen LogP contribution in [-0.2, 0) is 0 Å². The van der Waals surface area contributed by atoms with Gasteiger partial charge in [-0.1, -0.05) is 26.7 Å². The molecule has 0 spiro atoms. The molecule has 0 unspecified atom stereocenters. The van der Waals surface area contributed by atoms with Gasteiger partial charge in [0.2, 0.25) is 0 Å². The molecule has 0 bridgehead atoms. The topological polar surface area (TPSA) is 0 Å². The summed E-state index contributed by atoms with van der Waals surface area (Å²) in [5, 5.41) is 0. The molecule has 0 aliphatic rings. The molecule has 0 aliphatic carbocycles. The van der Waals surface area contributed by atoms with Gasteiger partial charge >= 0.3 is 197 Å². The van der Waals surface area contributed by atoms with Gasteiger partial charge in [-0.05, 0) is 0 Å². The van der Waals surface area contributed by atoms with E-state index in [0.717, 1.165) is 0 Å². The third-order valence-corrected chi connectivity index (χ3v) is 17.2. The average molecular weight is 519 g/mol. The molecule has 0 nitrogen and oxygen atoms in total. The van der Waals surface area contributed by atoms with Crippen LogP contribution in [0.5, 0.6) is 0 Å². The van der Waals surface area contributed by atoms with Gasteiger partial charge in [-0.15, -0.1) is 0 Å². The Balaban J connectivity index is 3.76. The molecule has 208 valence electrons. The van der Waals surface area contributed by atoms with Crippen molar-refractivity contribution in [3.8, 4) is 0 Å². The zero-order chi connectivity index (χ0) is 25.2. The second-order valence-corrected chi connectivity index (χ2v) is 20.3. The van der Waals surface area contributed by atoms with Crippen LogP contribution in [0, 0.1) is 0 Å². The van der Waals surface area contributed by atoms with E-state index in [1.54, 1.807) is 0 Å². The molecule has 2 heteroatoms. The molecule has 0 N–H and O–H groups in total. The SMILES string of the molecule is CCCCCCCCCCCCCCP(Cl)(CC)(CC)CCCCCCCCCCCCCC. The summed E-state index contributed by atoms with van der Waals surface area (Å²) in [5.74, 6) is -1.95. The van der Waals surface area contributed by atoms with Gasteiger partial charge < -0.3 is 0 Å². The molecule has 0 rings (SSSR count). The van der Waals surface area contributed by atoms with Gasteiger partial charge in [0.15, 0.2) is 0 Å². The summed E-state index contributed by atoms with van der Waals surface area (Å²) in [7, 11) is 0. The first-order valence-corrected chi connectivity index (χ1v) is 20.1. The van der Waals surface area contributed by atoms with Crippen molar-refractivity contribution in [3.63, 3.8) is 0 Å². The molecule has 0 radical (unpaired) electrons. The zero-order valence-electron chi connectivity index (χ0n) is 24.6. The van der Waals surface area contributed by atoms with E-state index in [0.29, 0.717) is 0 Å². The Hall–Kier alpha value is 0.720. The van der Waals surface area contributed by atoms with Gasteiger partial charge in [-0.3, -0.25) is 0 Å². The summed E-state index contributed by atoms with van der Waals surface area (Å²) in [5.41, 5.74) is 0. The molecule has 0 fully saturated rings. The molecule has 0 aliphatic heterocycles. The van der Waals surface area contributed by atoms with E-state index in [-0.39, 0.29) is 0 Å². The van der Waals surface area contributed by atoms with Gasteiger partial charge in [0, 0.05) is 0 Å². The van der Waals surface area contributed by atoms with Gasteiger partial charge in [0.1, 0.15) is 0 Å². The Bertz CT molecular complexity index is 372. The van der Waals surface area contributed by atoms with E-state index in [2.05, 4.69) is 27.7 Å². The molecule has 0 aromatic carbocycles. The van der Waals surface area contributed by atoms with E-state index in [4.69, 9.17) is 11.2 Å². The van der Waals surface area contributed by atoms with Gasteiger partial charge in [-0.25, -0.2) is 0 Å². The van der Waals surface area contributed by atoms with Crippen LogP contribution in [0.15, 0.2) is 0 Å². The predicted octanol–water partition coefficient (Wildman–Crippen LogP) is 13.1. The Morgan fingerprint density at radius 1 is 0.324 bits per heavy atom. The van der Waals surface area contributed by atoms with E-state index in [1.165, 1.54) is 179 Å². The minimum Gasteiger partial charge on any atom is -0.0654 e. The smallest absolute Gasteiger partial charge is 0.0654 e. The number of halogens is 1. The standard InChI is InChI=1S/C32H68ClP/c1-5-9-11-13-15-17-19-21-23-25-27-29-31-34(33,7-3,8-4)32-30-28-26-24-22-20-18-16-14-12-10-6-2/h5-32H2,1-4H3. The van der Waals surface area contributed by atoms with E-state index in [9.17, 15) is 0 Å². The van der Waals surface area contributed by atoms with E-state index in [1.807, 2.05) is 0 Å². The summed E-state index contributed by atoms with van der Waals surface area (Å²) in [6, 6.07) is 0. The first-order chi connectivity index (χ1) is 16.5. The van der Waals surface area contributed by atoms with Crippen LogP contribution in [0.25, 0.3) is 0 Å². The fourth-order valence-corrected chi connectivity index (χ4v) is 10.3. The molecule has 34 heavy (non-hydrogen) atoms. The zero-order valence-corrected chi connectivity index (χ0v) is 26.3. The Morgan fingerprint density at radius 2 is 0.529 bits per heavy atom. The van der Waals surface area contributed by atoms with Crippen molar-refractivity contribution >= 4 is 17.2 Å². The maximum absolute atomic E-state index is 7.56. The quantitative estimate of drug-likeness (QED) is 0.0713. The summed E-state index contributed by atoms with van der Waals surface area (Å²) in [6.07, 6.45) is 39.7. The molecule has 0 amide bonds. The fraction of sp³-hybridized carbons (Fsp3) is 1.00. The van der Waals surface area contributed by atoms with Crippen molar-refractivity contribution in [2.75, 3.05) is 24.6 Å². The summed E-state index contributed by atoms with van der Waals surface area (Å²) in [4.78, 5) is 0. The van der Waals surface area contributed by atoms with Crippen LogP contribution >= 0.6 is 17.2 Å². The molecule has 0 heterocycles. The Morgan fingerprint density at radius 3 is 0.735 bits per heavy atom.